The van der Waals surface area contributed by atoms with Crippen LogP contribution in [-0.4, -0.2) is 41.9 Å². The van der Waals surface area contributed by atoms with E-state index in [0.717, 1.165) is 37.2 Å². The molecule has 1 N–H and O–H groups in total. The summed E-state index contributed by atoms with van der Waals surface area (Å²) in [6.45, 7) is 1.88. The summed E-state index contributed by atoms with van der Waals surface area (Å²) in [5.74, 6) is 0.321. The zero-order chi connectivity index (χ0) is 17.6. The standard InChI is InChI=1S/C19H21N3O3/c1-25-15-7-4-6-14(12-15)13-20-18(23)16-8-5-9-17(21-16)19(24)22-10-2-3-11-22/h4-9,12H,2-3,10-11,13H2,1H3,(H,20,23). The second kappa shape index (κ2) is 7.79. The summed E-state index contributed by atoms with van der Waals surface area (Å²) in [4.78, 5) is 30.7. The van der Waals surface area contributed by atoms with Crippen molar-refractivity contribution in [2.75, 3.05) is 20.2 Å². The lowest BCUT2D eigenvalue weighted by molar-refractivity contribution is 0.0787. The van der Waals surface area contributed by atoms with E-state index in [0.29, 0.717) is 12.2 Å². The van der Waals surface area contributed by atoms with Gasteiger partial charge in [-0.15, -0.1) is 0 Å². The van der Waals surface area contributed by atoms with Gasteiger partial charge in [-0.05, 0) is 42.7 Å². The van der Waals surface area contributed by atoms with Crippen molar-refractivity contribution in [3.8, 4) is 5.75 Å². The minimum absolute atomic E-state index is 0.111. The number of aromatic nitrogens is 1. The van der Waals surface area contributed by atoms with Crippen LogP contribution in [-0.2, 0) is 6.54 Å². The molecule has 25 heavy (non-hydrogen) atoms. The lowest BCUT2D eigenvalue weighted by Gasteiger charge is -2.14. The van der Waals surface area contributed by atoms with Gasteiger partial charge in [-0.2, -0.15) is 0 Å². The van der Waals surface area contributed by atoms with Gasteiger partial charge >= 0.3 is 0 Å². The van der Waals surface area contributed by atoms with Crippen LogP contribution in [0.25, 0.3) is 0 Å². The van der Waals surface area contributed by atoms with E-state index in [-0.39, 0.29) is 17.5 Å². The Morgan fingerprint density at radius 1 is 1.12 bits per heavy atom. The van der Waals surface area contributed by atoms with Gasteiger partial charge in [0, 0.05) is 19.6 Å². The molecular formula is C19H21N3O3. The molecule has 130 valence electrons. The molecule has 0 bridgehead atoms. The van der Waals surface area contributed by atoms with Crippen LogP contribution in [0.1, 0.15) is 39.4 Å². The van der Waals surface area contributed by atoms with Crippen molar-refractivity contribution < 1.29 is 14.3 Å². The maximum atomic E-state index is 12.4. The van der Waals surface area contributed by atoms with Gasteiger partial charge in [0.25, 0.3) is 11.8 Å². The van der Waals surface area contributed by atoms with E-state index in [1.807, 2.05) is 24.3 Å². The molecule has 0 saturated carbocycles. The van der Waals surface area contributed by atoms with E-state index < -0.39 is 0 Å². The van der Waals surface area contributed by atoms with Crippen LogP contribution in [0.3, 0.4) is 0 Å². The third kappa shape index (κ3) is 4.15. The molecular weight excluding hydrogens is 318 g/mol. The van der Waals surface area contributed by atoms with Crippen LogP contribution in [0.4, 0.5) is 0 Å². The summed E-state index contributed by atoms with van der Waals surface area (Å²) in [6.07, 6.45) is 2.04. The average Bonchev–Trinajstić information content (AvgIpc) is 3.20. The molecule has 2 heterocycles. The largest absolute Gasteiger partial charge is 0.497 e. The predicted octanol–water partition coefficient (Wildman–Crippen LogP) is 2.26. The minimum atomic E-state index is -0.307. The molecule has 1 saturated heterocycles. The lowest BCUT2D eigenvalue weighted by Crippen LogP contribution is -2.29. The highest BCUT2D eigenvalue weighted by Crippen LogP contribution is 2.13. The number of amides is 2. The molecule has 3 rings (SSSR count). The number of rotatable bonds is 5. The average molecular weight is 339 g/mol. The number of pyridine rings is 1. The number of hydrogen-bond acceptors (Lipinski definition) is 4. The molecule has 2 amide bonds. The zero-order valence-corrected chi connectivity index (χ0v) is 14.2. The number of hydrogen-bond donors (Lipinski definition) is 1. The minimum Gasteiger partial charge on any atom is -0.497 e. The van der Waals surface area contributed by atoms with Gasteiger partial charge < -0.3 is 15.0 Å². The van der Waals surface area contributed by atoms with Crippen LogP contribution in [0, 0.1) is 0 Å². The zero-order valence-electron chi connectivity index (χ0n) is 14.2. The Hall–Kier alpha value is -2.89. The van der Waals surface area contributed by atoms with Crippen molar-refractivity contribution in [1.82, 2.24) is 15.2 Å². The molecule has 0 aliphatic carbocycles. The number of nitrogens with zero attached hydrogens (tertiary/aromatic N) is 2. The van der Waals surface area contributed by atoms with Crippen molar-refractivity contribution >= 4 is 11.8 Å². The molecule has 0 radical (unpaired) electrons. The van der Waals surface area contributed by atoms with Gasteiger partial charge in [0.05, 0.1) is 7.11 Å². The highest BCUT2D eigenvalue weighted by molar-refractivity contribution is 5.96. The second-order valence-corrected chi connectivity index (χ2v) is 5.94. The van der Waals surface area contributed by atoms with Crippen LogP contribution in [0.15, 0.2) is 42.5 Å². The number of likely N-dealkylation sites (tertiary alicyclic amines) is 1. The summed E-state index contributed by atoms with van der Waals surface area (Å²) >= 11 is 0. The molecule has 0 atom stereocenters. The number of carbonyl (C=O) groups excluding carboxylic acids is 2. The molecule has 1 fully saturated rings. The fraction of sp³-hybridized carbons (Fsp3) is 0.316. The predicted molar refractivity (Wildman–Crippen MR) is 93.5 cm³/mol. The Balaban J connectivity index is 1.65. The number of methoxy groups -OCH3 is 1. The van der Waals surface area contributed by atoms with E-state index >= 15 is 0 Å². The Morgan fingerprint density at radius 3 is 2.60 bits per heavy atom. The third-order valence-electron chi connectivity index (χ3n) is 4.18. The van der Waals surface area contributed by atoms with Gasteiger partial charge in [0.15, 0.2) is 0 Å². The summed E-state index contributed by atoms with van der Waals surface area (Å²) in [7, 11) is 1.60. The van der Waals surface area contributed by atoms with Gasteiger partial charge in [-0.1, -0.05) is 18.2 Å². The van der Waals surface area contributed by atoms with E-state index in [1.54, 1.807) is 30.2 Å². The Kier molecular flexibility index (Phi) is 5.28. The van der Waals surface area contributed by atoms with Crippen molar-refractivity contribution in [3.05, 3.63) is 59.4 Å². The van der Waals surface area contributed by atoms with Crippen molar-refractivity contribution in [2.24, 2.45) is 0 Å². The summed E-state index contributed by atoms with van der Waals surface area (Å²) < 4.78 is 5.17. The van der Waals surface area contributed by atoms with Crippen molar-refractivity contribution in [1.29, 1.82) is 0 Å². The normalized spacial score (nSPS) is 13.6. The molecule has 6 heteroatoms. The van der Waals surface area contributed by atoms with Gasteiger partial charge in [0.2, 0.25) is 0 Å². The quantitative estimate of drug-likeness (QED) is 0.907. The van der Waals surface area contributed by atoms with Gasteiger partial charge in [0.1, 0.15) is 17.1 Å². The monoisotopic (exact) mass is 339 g/mol. The molecule has 6 nitrogen and oxygen atoms in total. The first-order valence-electron chi connectivity index (χ1n) is 8.35. The first-order chi connectivity index (χ1) is 12.2. The highest BCUT2D eigenvalue weighted by atomic mass is 16.5. The SMILES string of the molecule is COc1cccc(CNC(=O)c2cccc(C(=O)N3CCCC3)n2)c1. The van der Waals surface area contributed by atoms with Crippen LogP contribution < -0.4 is 10.1 Å². The van der Waals surface area contributed by atoms with Crippen molar-refractivity contribution in [3.63, 3.8) is 0 Å². The van der Waals surface area contributed by atoms with Crippen LogP contribution in [0.5, 0.6) is 5.75 Å². The second-order valence-electron chi connectivity index (χ2n) is 5.94. The van der Waals surface area contributed by atoms with Crippen molar-refractivity contribution in [2.45, 2.75) is 19.4 Å². The van der Waals surface area contributed by atoms with E-state index in [1.165, 1.54) is 0 Å². The summed E-state index contributed by atoms with van der Waals surface area (Å²) in [5, 5.41) is 2.82. The lowest BCUT2D eigenvalue weighted by atomic mass is 10.2. The highest BCUT2D eigenvalue weighted by Gasteiger charge is 2.21. The number of nitrogens with one attached hydrogen (secondary N) is 1. The maximum absolute atomic E-state index is 12.4. The Labute approximate surface area is 146 Å². The van der Waals surface area contributed by atoms with E-state index in [2.05, 4.69) is 10.3 Å². The van der Waals surface area contributed by atoms with E-state index in [9.17, 15) is 9.59 Å². The molecule has 1 aromatic heterocycles. The van der Waals surface area contributed by atoms with Gasteiger partial charge in [-0.25, -0.2) is 4.98 Å². The topological polar surface area (TPSA) is 71.5 Å². The summed E-state index contributed by atoms with van der Waals surface area (Å²) in [5.41, 5.74) is 1.49. The van der Waals surface area contributed by atoms with Gasteiger partial charge in [-0.3, -0.25) is 9.59 Å². The molecule has 2 aromatic rings. The fourth-order valence-corrected chi connectivity index (χ4v) is 2.82. The Morgan fingerprint density at radius 2 is 1.84 bits per heavy atom. The first kappa shape index (κ1) is 17.0. The fourth-order valence-electron chi connectivity index (χ4n) is 2.82. The third-order valence-corrected chi connectivity index (χ3v) is 4.18. The molecule has 0 unspecified atom stereocenters. The molecule has 1 aliphatic rings. The molecule has 1 aliphatic heterocycles. The maximum Gasteiger partial charge on any atom is 0.272 e. The molecule has 0 spiro atoms. The van der Waals surface area contributed by atoms with Crippen LogP contribution >= 0.6 is 0 Å². The first-order valence-corrected chi connectivity index (χ1v) is 8.35. The molecule has 1 aromatic carbocycles. The number of benzene rings is 1. The number of carbonyl (C=O) groups is 2. The smallest absolute Gasteiger partial charge is 0.272 e. The Bertz CT molecular complexity index is 770. The number of ether oxygens (including phenoxy) is 1. The summed E-state index contributed by atoms with van der Waals surface area (Å²) in [6, 6.07) is 12.4. The van der Waals surface area contributed by atoms with Crippen LogP contribution in [0.2, 0.25) is 0 Å². The van der Waals surface area contributed by atoms with E-state index in [4.69, 9.17) is 4.74 Å².